The van der Waals surface area contributed by atoms with Gasteiger partial charge in [0.15, 0.2) is 31.3 Å². The normalized spacial score (nSPS) is 17.4. The van der Waals surface area contributed by atoms with Crippen molar-refractivity contribution in [1.29, 1.82) is 0 Å². The summed E-state index contributed by atoms with van der Waals surface area (Å²) >= 11 is 1.85. The summed E-state index contributed by atoms with van der Waals surface area (Å²) in [5, 5.41) is 11.9. The molecule has 2 fully saturated rings. The van der Waals surface area contributed by atoms with Gasteiger partial charge >= 0.3 is 23.9 Å². The minimum absolute atomic E-state index is 0.0163. The molecule has 4 amide bonds. The third kappa shape index (κ3) is 16.1. The number of thioether (sulfide) groups is 1. The molecule has 0 aliphatic carbocycles. The van der Waals surface area contributed by atoms with E-state index in [1.807, 2.05) is 11.8 Å². The molecule has 4 rings (SSSR count). The standard InChI is InChI=1S/C43H60N4O12S/c1-41(2,3)57-34(49)22-54-30-20-28(21-31(55-23-35(50)58-42(4,5)6)38(30)56-24-36(51)59-43(7,8)9)26-13-12-14-27(19-26)39(52)45-18-17-44-33(48)16-11-10-15-32-37-29(25-60-32)46-40(53)47-37/h12-14,19-21,29,32,37H,10-11,15-18,22-25H2,1-9H3,(H,44,48)(H,45,52)(H2,46,47,53)/t29-,32-,37-/m0/s1. The molecule has 330 valence electrons. The van der Waals surface area contributed by atoms with Crippen molar-refractivity contribution in [2.24, 2.45) is 0 Å². The summed E-state index contributed by atoms with van der Waals surface area (Å²) in [6, 6.07) is 10.0. The molecule has 3 atom stereocenters. The van der Waals surface area contributed by atoms with Gasteiger partial charge in [-0.2, -0.15) is 11.8 Å². The first-order valence-corrected chi connectivity index (χ1v) is 21.2. The van der Waals surface area contributed by atoms with Gasteiger partial charge in [-0.05, 0) is 111 Å². The highest BCUT2D eigenvalue weighted by Crippen LogP contribution is 2.42. The second kappa shape index (κ2) is 20.9. The first-order valence-electron chi connectivity index (χ1n) is 20.1. The van der Waals surface area contributed by atoms with Gasteiger partial charge in [0.1, 0.15) is 16.8 Å². The van der Waals surface area contributed by atoms with Gasteiger partial charge < -0.3 is 49.7 Å². The van der Waals surface area contributed by atoms with Crippen LogP contribution in [-0.2, 0) is 33.4 Å². The SMILES string of the molecule is CC(C)(C)OC(=O)COc1cc(-c2cccc(C(=O)NCCNC(=O)CCCC[C@@H]3SC[C@@H]4NC(=O)N[C@@H]43)c2)cc(OCC(=O)OC(C)(C)C)c1OCC(=O)OC(C)(C)C. The molecule has 60 heavy (non-hydrogen) atoms. The number of urea groups is 1. The maximum atomic E-state index is 13.3. The molecule has 0 aromatic heterocycles. The zero-order valence-corrected chi connectivity index (χ0v) is 36.9. The number of benzene rings is 2. The van der Waals surface area contributed by atoms with Gasteiger partial charge in [-0.15, -0.1) is 0 Å². The fourth-order valence-corrected chi connectivity index (χ4v) is 7.84. The van der Waals surface area contributed by atoms with E-state index in [2.05, 4.69) is 21.3 Å². The van der Waals surface area contributed by atoms with Crippen molar-refractivity contribution in [3.8, 4) is 28.4 Å². The second-order valence-electron chi connectivity index (χ2n) is 17.5. The van der Waals surface area contributed by atoms with Crippen LogP contribution in [0.5, 0.6) is 17.2 Å². The Morgan fingerprint density at radius 2 is 1.25 bits per heavy atom. The predicted octanol–water partition coefficient (Wildman–Crippen LogP) is 5.09. The Morgan fingerprint density at radius 1 is 0.700 bits per heavy atom. The average molecular weight is 857 g/mol. The Hall–Kier alpha value is -5.19. The lowest BCUT2D eigenvalue weighted by molar-refractivity contribution is -0.159. The second-order valence-corrected chi connectivity index (χ2v) is 18.8. The molecule has 0 radical (unpaired) electrons. The largest absolute Gasteiger partial charge is 0.478 e. The molecule has 0 saturated carbocycles. The van der Waals surface area contributed by atoms with Crippen molar-refractivity contribution < 1.29 is 57.2 Å². The lowest BCUT2D eigenvalue weighted by Crippen LogP contribution is -2.36. The Balaban J connectivity index is 1.44. The Labute approximate surface area is 356 Å². The fourth-order valence-electron chi connectivity index (χ4n) is 6.30. The van der Waals surface area contributed by atoms with Crippen LogP contribution >= 0.6 is 11.8 Å². The van der Waals surface area contributed by atoms with Crippen LogP contribution < -0.4 is 35.5 Å². The van der Waals surface area contributed by atoms with E-state index >= 15 is 0 Å². The molecule has 0 spiro atoms. The van der Waals surface area contributed by atoms with Crippen LogP contribution in [0.1, 0.15) is 98.4 Å². The van der Waals surface area contributed by atoms with E-state index < -0.39 is 54.5 Å². The number of hydrogen-bond acceptors (Lipinski definition) is 13. The molecule has 2 aliphatic heterocycles. The Morgan fingerprint density at radius 3 is 1.82 bits per heavy atom. The van der Waals surface area contributed by atoms with Crippen molar-refractivity contribution in [3.63, 3.8) is 0 Å². The minimum Gasteiger partial charge on any atom is -0.478 e. The molecule has 2 aromatic rings. The number of amides is 4. The van der Waals surface area contributed by atoms with Crippen LogP contribution in [0.3, 0.4) is 0 Å². The third-order valence-electron chi connectivity index (χ3n) is 8.58. The maximum absolute atomic E-state index is 13.3. The fraction of sp³-hybridized carbons (Fsp3) is 0.581. The third-order valence-corrected chi connectivity index (χ3v) is 10.1. The van der Waals surface area contributed by atoms with Crippen LogP contribution in [-0.4, -0.2) is 109 Å². The van der Waals surface area contributed by atoms with E-state index in [1.54, 1.807) is 98.7 Å². The van der Waals surface area contributed by atoms with Crippen molar-refractivity contribution in [1.82, 2.24) is 21.3 Å². The van der Waals surface area contributed by atoms with Crippen molar-refractivity contribution >= 4 is 47.5 Å². The number of unbranched alkanes of at least 4 members (excludes halogenated alkanes) is 1. The molecular formula is C43H60N4O12S. The van der Waals surface area contributed by atoms with Gasteiger partial charge in [0, 0.05) is 36.1 Å². The van der Waals surface area contributed by atoms with Crippen LogP contribution in [0, 0.1) is 0 Å². The molecular weight excluding hydrogens is 797 g/mol. The average Bonchev–Trinajstić information content (AvgIpc) is 3.69. The lowest BCUT2D eigenvalue weighted by Gasteiger charge is -2.23. The summed E-state index contributed by atoms with van der Waals surface area (Å²) in [5.41, 5.74) is -1.07. The summed E-state index contributed by atoms with van der Waals surface area (Å²) in [7, 11) is 0. The molecule has 2 aromatic carbocycles. The summed E-state index contributed by atoms with van der Waals surface area (Å²) in [6.07, 6.45) is 2.87. The summed E-state index contributed by atoms with van der Waals surface area (Å²) in [6.45, 7) is 14.2. The van der Waals surface area contributed by atoms with E-state index in [4.69, 9.17) is 28.4 Å². The summed E-state index contributed by atoms with van der Waals surface area (Å²) in [4.78, 5) is 75.5. The Bertz CT molecular complexity index is 1810. The highest BCUT2D eigenvalue weighted by atomic mass is 32.2. The molecule has 4 N–H and O–H groups in total. The van der Waals surface area contributed by atoms with Crippen molar-refractivity contribution in [2.75, 3.05) is 38.7 Å². The smallest absolute Gasteiger partial charge is 0.344 e. The molecule has 16 nitrogen and oxygen atoms in total. The lowest BCUT2D eigenvalue weighted by atomic mass is 10.0. The topological polar surface area (TPSA) is 206 Å². The van der Waals surface area contributed by atoms with E-state index in [-0.39, 0.29) is 60.3 Å². The number of esters is 3. The van der Waals surface area contributed by atoms with Gasteiger partial charge in [-0.25, -0.2) is 19.2 Å². The number of fused-ring (bicyclic) bond motifs is 1. The zero-order chi connectivity index (χ0) is 44.3. The predicted molar refractivity (Wildman–Crippen MR) is 225 cm³/mol. The van der Waals surface area contributed by atoms with Crippen molar-refractivity contribution in [3.05, 3.63) is 42.0 Å². The molecule has 17 heteroatoms. The van der Waals surface area contributed by atoms with E-state index in [1.165, 1.54) is 0 Å². The molecule has 2 aliphatic rings. The first kappa shape index (κ1) is 47.5. The first-order chi connectivity index (χ1) is 28.0. The number of carbonyl (C=O) groups excluding carboxylic acids is 6. The minimum atomic E-state index is -0.795. The molecule has 2 saturated heterocycles. The number of carbonyl (C=O) groups is 6. The Kier molecular flexibility index (Phi) is 16.5. The van der Waals surface area contributed by atoms with Gasteiger partial charge in [-0.1, -0.05) is 18.6 Å². The molecule has 0 bridgehead atoms. The summed E-state index contributed by atoms with van der Waals surface area (Å²) in [5.74, 6) is -1.75. The van der Waals surface area contributed by atoms with Crippen LogP contribution in [0.25, 0.3) is 11.1 Å². The van der Waals surface area contributed by atoms with Crippen LogP contribution in [0.4, 0.5) is 4.79 Å². The van der Waals surface area contributed by atoms with Crippen LogP contribution in [0.2, 0.25) is 0 Å². The van der Waals surface area contributed by atoms with Gasteiger partial charge in [0.2, 0.25) is 11.7 Å². The van der Waals surface area contributed by atoms with Gasteiger partial charge in [-0.3, -0.25) is 9.59 Å². The summed E-state index contributed by atoms with van der Waals surface area (Å²) < 4.78 is 34.0. The van der Waals surface area contributed by atoms with Gasteiger partial charge in [0.25, 0.3) is 5.91 Å². The zero-order valence-electron chi connectivity index (χ0n) is 36.1. The number of rotatable bonds is 19. The van der Waals surface area contributed by atoms with E-state index in [9.17, 15) is 28.8 Å². The quantitative estimate of drug-likeness (QED) is 0.0630. The van der Waals surface area contributed by atoms with Crippen LogP contribution in [0.15, 0.2) is 36.4 Å². The monoisotopic (exact) mass is 856 g/mol. The maximum Gasteiger partial charge on any atom is 0.344 e. The molecule has 2 heterocycles. The highest BCUT2D eigenvalue weighted by Gasteiger charge is 2.42. The van der Waals surface area contributed by atoms with E-state index in [0.29, 0.717) is 28.4 Å². The van der Waals surface area contributed by atoms with Gasteiger partial charge in [0.05, 0.1) is 12.1 Å². The number of ether oxygens (including phenoxy) is 6. The highest BCUT2D eigenvalue weighted by molar-refractivity contribution is 8.00. The van der Waals surface area contributed by atoms with Crippen molar-refractivity contribution in [2.45, 2.75) is 122 Å². The van der Waals surface area contributed by atoms with E-state index in [0.717, 1.165) is 25.0 Å². The number of nitrogens with one attached hydrogen (secondary N) is 4. The number of hydrogen-bond donors (Lipinski definition) is 4. The molecule has 0 unspecified atom stereocenters.